The van der Waals surface area contributed by atoms with Gasteiger partial charge in [-0.15, -0.1) is 11.3 Å². The van der Waals surface area contributed by atoms with Gasteiger partial charge in [0.15, 0.2) is 0 Å². The summed E-state index contributed by atoms with van der Waals surface area (Å²) in [5.41, 5.74) is 0. The first kappa shape index (κ1) is 14.8. The van der Waals surface area contributed by atoms with Crippen LogP contribution in [0.15, 0.2) is 15.9 Å². The van der Waals surface area contributed by atoms with Crippen molar-refractivity contribution in [1.29, 1.82) is 0 Å². The Balaban J connectivity index is 1.45. The molecule has 1 saturated carbocycles. The fraction of sp³-hybridized carbons (Fsp3) is 0.615. The van der Waals surface area contributed by atoms with Gasteiger partial charge >= 0.3 is 6.03 Å². The summed E-state index contributed by atoms with van der Waals surface area (Å²) in [7, 11) is 0. The Hall–Kier alpha value is -0.590. The molecule has 0 aromatic carbocycles. The van der Waals surface area contributed by atoms with E-state index in [0.29, 0.717) is 13.1 Å². The maximum absolute atomic E-state index is 11.5. The molecule has 1 aliphatic rings. The zero-order valence-electron chi connectivity index (χ0n) is 10.8. The van der Waals surface area contributed by atoms with Crippen molar-refractivity contribution in [1.82, 2.24) is 10.6 Å². The van der Waals surface area contributed by atoms with E-state index in [2.05, 4.69) is 26.6 Å². The summed E-state index contributed by atoms with van der Waals surface area (Å²) in [5.74, 6) is 0.807. The van der Waals surface area contributed by atoms with Crippen molar-refractivity contribution in [2.24, 2.45) is 5.92 Å². The summed E-state index contributed by atoms with van der Waals surface area (Å²) in [5, 5.41) is 5.66. The molecular weight excluding hydrogens is 328 g/mol. The van der Waals surface area contributed by atoms with E-state index in [0.717, 1.165) is 34.2 Å². The van der Waals surface area contributed by atoms with Gasteiger partial charge in [0.25, 0.3) is 0 Å². The molecule has 4 nitrogen and oxygen atoms in total. The van der Waals surface area contributed by atoms with E-state index in [4.69, 9.17) is 4.74 Å². The SMILES string of the molecule is O=C(NCCCOCC1CC1)NCc1ccc(Br)s1. The average Bonchev–Trinajstić information content (AvgIpc) is 3.12. The molecule has 0 spiro atoms. The number of nitrogens with one attached hydrogen (secondary N) is 2. The van der Waals surface area contributed by atoms with Crippen LogP contribution in [0.5, 0.6) is 0 Å². The predicted molar refractivity (Wildman–Crippen MR) is 80.4 cm³/mol. The van der Waals surface area contributed by atoms with Gasteiger partial charge in [-0.2, -0.15) is 0 Å². The van der Waals surface area contributed by atoms with Gasteiger partial charge in [0, 0.05) is 24.6 Å². The zero-order chi connectivity index (χ0) is 13.5. The maximum atomic E-state index is 11.5. The lowest BCUT2D eigenvalue weighted by atomic mass is 10.4. The molecule has 1 aliphatic carbocycles. The molecule has 0 atom stereocenters. The van der Waals surface area contributed by atoms with Crippen molar-refractivity contribution < 1.29 is 9.53 Å². The molecule has 0 saturated heterocycles. The molecule has 0 unspecified atom stereocenters. The Morgan fingerprint density at radius 3 is 2.95 bits per heavy atom. The van der Waals surface area contributed by atoms with E-state index in [1.165, 1.54) is 12.8 Å². The molecular formula is C13H19BrN2O2S. The topological polar surface area (TPSA) is 50.4 Å². The van der Waals surface area contributed by atoms with Gasteiger partial charge in [0.1, 0.15) is 0 Å². The maximum Gasteiger partial charge on any atom is 0.315 e. The largest absolute Gasteiger partial charge is 0.381 e. The average molecular weight is 347 g/mol. The summed E-state index contributed by atoms with van der Waals surface area (Å²) in [4.78, 5) is 12.6. The van der Waals surface area contributed by atoms with Crippen LogP contribution in [-0.2, 0) is 11.3 Å². The van der Waals surface area contributed by atoms with Crippen LogP contribution in [0.3, 0.4) is 0 Å². The van der Waals surface area contributed by atoms with E-state index >= 15 is 0 Å². The van der Waals surface area contributed by atoms with Crippen LogP contribution in [0.1, 0.15) is 24.1 Å². The van der Waals surface area contributed by atoms with Crippen molar-refractivity contribution >= 4 is 33.3 Å². The number of carbonyl (C=O) groups excluding carboxylic acids is 1. The summed E-state index contributed by atoms with van der Waals surface area (Å²) in [6.07, 6.45) is 3.50. The van der Waals surface area contributed by atoms with Crippen molar-refractivity contribution in [3.05, 3.63) is 20.8 Å². The summed E-state index contributed by atoms with van der Waals surface area (Å²) in [6.45, 7) is 2.85. The second-order valence-electron chi connectivity index (χ2n) is 4.69. The first-order chi connectivity index (χ1) is 9.24. The molecule has 0 radical (unpaired) electrons. The van der Waals surface area contributed by atoms with Crippen molar-refractivity contribution in [2.45, 2.75) is 25.8 Å². The number of carbonyl (C=O) groups is 1. The summed E-state index contributed by atoms with van der Waals surface area (Å²) >= 11 is 5.02. The lowest BCUT2D eigenvalue weighted by molar-refractivity contribution is 0.122. The third-order valence-electron chi connectivity index (χ3n) is 2.85. The number of thiophene rings is 1. The fourth-order valence-corrected chi connectivity index (χ4v) is 3.01. The minimum Gasteiger partial charge on any atom is -0.381 e. The highest BCUT2D eigenvalue weighted by Gasteiger charge is 2.20. The first-order valence-electron chi connectivity index (χ1n) is 6.57. The van der Waals surface area contributed by atoms with Crippen molar-refractivity contribution in [3.8, 4) is 0 Å². The number of halogens is 1. The van der Waals surface area contributed by atoms with E-state index < -0.39 is 0 Å². The Kier molecular flexibility index (Phi) is 6.13. The van der Waals surface area contributed by atoms with E-state index in [1.807, 2.05) is 12.1 Å². The van der Waals surface area contributed by atoms with Gasteiger partial charge in [-0.05, 0) is 53.2 Å². The summed E-state index contributed by atoms with van der Waals surface area (Å²) < 4.78 is 6.58. The third kappa shape index (κ3) is 6.40. The van der Waals surface area contributed by atoms with E-state index in [1.54, 1.807) is 11.3 Å². The van der Waals surface area contributed by atoms with Crippen molar-refractivity contribution in [3.63, 3.8) is 0 Å². The van der Waals surface area contributed by atoms with Crippen LogP contribution in [0, 0.1) is 5.92 Å². The smallest absolute Gasteiger partial charge is 0.315 e. The number of hydrogen-bond donors (Lipinski definition) is 2. The van der Waals surface area contributed by atoms with Gasteiger partial charge < -0.3 is 15.4 Å². The van der Waals surface area contributed by atoms with Gasteiger partial charge in [-0.3, -0.25) is 0 Å². The molecule has 2 amide bonds. The van der Waals surface area contributed by atoms with E-state index in [9.17, 15) is 4.79 Å². The molecule has 1 aromatic rings. The highest BCUT2D eigenvalue weighted by Crippen LogP contribution is 2.28. The first-order valence-corrected chi connectivity index (χ1v) is 8.18. The zero-order valence-corrected chi connectivity index (χ0v) is 13.2. The van der Waals surface area contributed by atoms with Crippen LogP contribution < -0.4 is 10.6 Å². The molecule has 1 fully saturated rings. The van der Waals surface area contributed by atoms with Crippen LogP contribution >= 0.6 is 27.3 Å². The minimum absolute atomic E-state index is 0.119. The van der Waals surface area contributed by atoms with E-state index in [-0.39, 0.29) is 6.03 Å². The lowest BCUT2D eigenvalue weighted by Crippen LogP contribution is -2.35. The normalized spacial score (nSPS) is 14.4. The Bertz CT molecular complexity index is 407. The molecule has 0 bridgehead atoms. The molecule has 1 heterocycles. The molecule has 2 N–H and O–H groups in total. The van der Waals surface area contributed by atoms with Crippen LogP contribution in [0.2, 0.25) is 0 Å². The second kappa shape index (κ2) is 7.87. The Morgan fingerprint density at radius 2 is 2.26 bits per heavy atom. The van der Waals surface area contributed by atoms with Gasteiger partial charge in [-0.25, -0.2) is 4.79 Å². The molecule has 0 aliphatic heterocycles. The molecule has 19 heavy (non-hydrogen) atoms. The minimum atomic E-state index is -0.119. The van der Waals surface area contributed by atoms with Crippen LogP contribution in [0.4, 0.5) is 4.79 Å². The highest BCUT2D eigenvalue weighted by molar-refractivity contribution is 9.11. The van der Waals surface area contributed by atoms with Gasteiger partial charge in [-0.1, -0.05) is 0 Å². The standard InChI is InChI=1S/C13H19BrN2O2S/c14-12-5-4-11(19-12)8-16-13(17)15-6-1-7-18-9-10-2-3-10/h4-5,10H,1-3,6-9H2,(H2,15,16,17). The number of amides is 2. The molecule has 1 aromatic heterocycles. The van der Waals surface area contributed by atoms with Crippen LogP contribution in [-0.4, -0.2) is 25.8 Å². The fourth-order valence-electron chi connectivity index (χ4n) is 1.59. The second-order valence-corrected chi connectivity index (χ2v) is 7.23. The number of urea groups is 1. The number of ether oxygens (including phenoxy) is 1. The summed E-state index contributed by atoms with van der Waals surface area (Å²) in [6, 6.07) is 3.86. The Labute approximate surface area is 126 Å². The third-order valence-corrected chi connectivity index (χ3v) is 4.48. The molecule has 2 rings (SSSR count). The number of hydrogen-bond acceptors (Lipinski definition) is 3. The predicted octanol–water partition coefficient (Wildman–Crippen LogP) is 3.13. The van der Waals surface area contributed by atoms with Crippen molar-refractivity contribution in [2.75, 3.05) is 19.8 Å². The molecule has 6 heteroatoms. The van der Waals surface area contributed by atoms with Gasteiger partial charge in [0.05, 0.1) is 10.3 Å². The van der Waals surface area contributed by atoms with Crippen LogP contribution in [0.25, 0.3) is 0 Å². The molecule has 106 valence electrons. The Morgan fingerprint density at radius 1 is 1.42 bits per heavy atom. The van der Waals surface area contributed by atoms with Gasteiger partial charge in [0.2, 0.25) is 0 Å². The monoisotopic (exact) mass is 346 g/mol. The quantitative estimate of drug-likeness (QED) is 0.710. The highest BCUT2D eigenvalue weighted by atomic mass is 79.9. The lowest BCUT2D eigenvalue weighted by Gasteiger charge is -2.07. The number of rotatable bonds is 8.